The summed E-state index contributed by atoms with van der Waals surface area (Å²) < 4.78 is 27.9. The Morgan fingerprint density at radius 3 is 2.00 bits per heavy atom. The third-order valence-electron chi connectivity index (χ3n) is 5.77. The third-order valence-corrected chi connectivity index (χ3v) is 7.31. The summed E-state index contributed by atoms with van der Waals surface area (Å²) in [5, 5.41) is 3.13. The van der Waals surface area contributed by atoms with E-state index in [0.717, 1.165) is 44.1 Å². The van der Waals surface area contributed by atoms with Crippen LogP contribution in [0.4, 0.5) is 0 Å². The van der Waals surface area contributed by atoms with E-state index in [9.17, 15) is 13.2 Å². The first-order chi connectivity index (χ1) is 13.0. The van der Waals surface area contributed by atoms with E-state index in [4.69, 9.17) is 0 Å². The minimum atomic E-state index is -3.46. The Kier molecular flexibility index (Phi) is 7.30. The van der Waals surface area contributed by atoms with E-state index >= 15 is 0 Å². The molecular weight excluding hydrogens is 360 g/mol. The largest absolute Gasteiger partial charge is 0.353 e. The quantitative estimate of drug-likeness (QED) is 0.743. The summed E-state index contributed by atoms with van der Waals surface area (Å²) in [6, 6.07) is 7.35. The van der Waals surface area contributed by atoms with E-state index < -0.39 is 10.0 Å². The first-order valence-electron chi connectivity index (χ1n) is 10.4. The number of rotatable bonds is 7. The normalized spacial score (nSPS) is 19.7. The van der Waals surface area contributed by atoms with Gasteiger partial charge >= 0.3 is 0 Å². The maximum atomic E-state index is 12.5. The number of benzene rings is 1. The van der Waals surface area contributed by atoms with Crippen molar-refractivity contribution in [2.45, 2.75) is 94.0 Å². The summed E-state index contributed by atoms with van der Waals surface area (Å²) in [7, 11) is -3.46. The lowest BCUT2D eigenvalue weighted by Gasteiger charge is -2.23. The molecule has 2 saturated carbocycles. The smallest absolute Gasteiger partial charge is 0.240 e. The van der Waals surface area contributed by atoms with Gasteiger partial charge in [-0.25, -0.2) is 13.1 Å². The molecule has 6 heteroatoms. The summed E-state index contributed by atoms with van der Waals surface area (Å²) in [4.78, 5) is 12.4. The molecule has 0 atom stereocenters. The molecule has 3 rings (SSSR count). The molecule has 1 amide bonds. The predicted octanol–water partition coefficient (Wildman–Crippen LogP) is 3.68. The molecule has 0 saturated heterocycles. The molecule has 2 fully saturated rings. The summed E-state index contributed by atoms with van der Waals surface area (Å²) in [6.07, 6.45) is 12.2. The van der Waals surface area contributed by atoms with Gasteiger partial charge in [0.05, 0.1) is 4.90 Å². The molecule has 0 aromatic heterocycles. The van der Waals surface area contributed by atoms with Gasteiger partial charge in [0.2, 0.25) is 15.9 Å². The van der Waals surface area contributed by atoms with Gasteiger partial charge in [-0.1, -0.05) is 50.7 Å². The number of sulfonamides is 1. The molecule has 1 aromatic rings. The fourth-order valence-corrected chi connectivity index (χ4v) is 5.45. The fraction of sp³-hybridized carbons (Fsp3) is 0.667. The van der Waals surface area contributed by atoms with Crippen LogP contribution in [0.25, 0.3) is 0 Å². The summed E-state index contributed by atoms with van der Waals surface area (Å²) in [5.74, 6) is 0.0950. The highest BCUT2D eigenvalue weighted by molar-refractivity contribution is 7.89. The van der Waals surface area contributed by atoms with Crippen molar-refractivity contribution in [2.75, 3.05) is 0 Å². The van der Waals surface area contributed by atoms with Crippen LogP contribution in [0.5, 0.6) is 0 Å². The van der Waals surface area contributed by atoms with Gasteiger partial charge in [-0.15, -0.1) is 0 Å². The Balaban J connectivity index is 1.48. The van der Waals surface area contributed by atoms with Crippen molar-refractivity contribution in [3.05, 3.63) is 29.8 Å². The highest BCUT2D eigenvalue weighted by Gasteiger charge is 2.21. The lowest BCUT2D eigenvalue weighted by Crippen LogP contribution is -2.36. The summed E-state index contributed by atoms with van der Waals surface area (Å²) in [6.45, 7) is 0. The lowest BCUT2D eigenvalue weighted by molar-refractivity contribution is -0.121. The molecule has 0 unspecified atom stereocenters. The van der Waals surface area contributed by atoms with Crippen molar-refractivity contribution < 1.29 is 13.2 Å². The maximum absolute atomic E-state index is 12.5. The van der Waals surface area contributed by atoms with Gasteiger partial charge in [0, 0.05) is 18.5 Å². The van der Waals surface area contributed by atoms with E-state index in [1.807, 2.05) is 12.1 Å². The van der Waals surface area contributed by atoms with Crippen LogP contribution in [-0.2, 0) is 21.2 Å². The standard InChI is InChI=1S/C21H32N2O3S/c24-21(22-18-7-3-1-4-8-18)16-13-17-11-14-20(15-12-17)27(25,26)23-19-9-5-2-6-10-19/h11-12,14-15,18-19,23H,1-10,13,16H2,(H,22,24). The maximum Gasteiger partial charge on any atom is 0.240 e. The Morgan fingerprint density at radius 1 is 0.852 bits per heavy atom. The molecule has 0 aliphatic heterocycles. The van der Waals surface area contributed by atoms with Gasteiger partial charge in [0.1, 0.15) is 0 Å². The Labute approximate surface area is 163 Å². The van der Waals surface area contributed by atoms with E-state index in [2.05, 4.69) is 10.0 Å². The SMILES string of the molecule is O=C(CCc1ccc(S(=O)(=O)NC2CCCCC2)cc1)NC1CCCCC1. The number of carbonyl (C=O) groups excluding carboxylic acids is 1. The summed E-state index contributed by atoms with van der Waals surface area (Å²) in [5.41, 5.74) is 0.991. The molecule has 0 heterocycles. The molecule has 27 heavy (non-hydrogen) atoms. The number of aryl methyl sites for hydroxylation is 1. The second-order valence-electron chi connectivity index (χ2n) is 8.00. The molecule has 2 N–H and O–H groups in total. The lowest BCUT2D eigenvalue weighted by atomic mass is 9.95. The Hall–Kier alpha value is -1.40. The number of hydrogen-bond acceptors (Lipinski definition) is 3. The number of nitrogens with one attached hydrogen (secondary N) is 2. The van der Waals surface area contributed by atoms with Crippen molar-refractivity contribution in [2.24, 2.45) is 0 Å². The van der Waals surface area contributed by atoms with Gasteiger partial charge in [-0.2, -0.15) is 0 Å². The van der Waals surface area contributed by atoms with Crippen LogP contribution < -0.4 is 10.0 Å². The van der Waals surface area contributed by atoms with Crippen molar-refractivity contribution in [3.8, 4) is 0 Å². The number of carbonyl (C=O) groups is 1. The molecule has 0 bridgehead atoms. The first-order valence-corrected chi connectivity index (χ1v) is 11.9. The molecule has 0 spiro atoms. The highest BCUT2D eigenvalue weighted by atomic mass is 32.2. The average Bonchev–Trinajstić information content (AvgIpc) is 2.68. The van der Waals surface area contributed by atoms with Gasteiger partial charge in [0.15, 0.2) is 0 Å². The van der Waals surface area contributed by atoms with Gasteiger partial charge in [-0.3, -0.25) is 4.79 Å². The molecule has 5 nitrogen and oxygen atoms in total. The fourth-order valence-electron chi connectivity index (χ4n) is 4.15. The van der Waals surface area contributed by atoms with Crippen LogP contribution in [-0.4, -0.2) is 26.4 Å². The van der Waals surface area contributed by atoms with E-state index in [1.165, 1.54) is 25.7 Å². The van der Waals surface area contributed by atoms with Crippen molar-refractivity contribution in [3.63, 3.8) is 0 Å². The zero-order valence-electron chi connectivity index (χ0n) is 16.1. The zero-order valence-corrected chi connectivity index (χ0v) is 16.9. The third kappa shape index (κ3) is 6.32. The number of hydrogen-bond donors (Lipinski definition) is 2. The molecule has 0 radical (unpaired) electrons. The molecular formula is C21H32N2O3S. The average molecular weight is 393 g/mol. The van der Waals surface area contributed by atoms with Crippen LogP contribution in [0.1, 0.15) is 76.2 Å². The zero-order chi connectivity index (χ0) is 19.1. The predicted molar refractivity (Wildman–Crippen MR) is 107 cm³/mol. The Morgan fingerprint density at radius 2 is 1.41 bits per heavy atom. The van der Waals surface area contributed by atoms with Crippen LogP contribution >= 0.6 is 0 Å². The minimum Gasteiger partial charge on any atom is -0.353 e. The van der Waals surface area contributed by atoms with Crippen molar-refractivity contribution in [1.82, 2.24) is 10.0 Å². The Bertz CT molecular complexity index is 703. The van der Waals surface area contributed by atoms with E-state index in [0.29, 0.717) is 23.8 Å². The monoisotopic (exact) mass is 392 g/mol. The number of amides is 1. The molecule has 2 aliphatic carbocycles. The van der Waals surface area contributed by atoms with E-state index in [-0.39, 0.29) is 11.9 Å². The van der Waals surface area contributed by atoms with Gasteiger partial charge in [-0.05, 0) is 49.8 Å². The van der Waals surface area contributed by atoms with Crippen LogP contribution in [0.3, 0.4) is 0 Å². The van der Waals surface area contributed by atoms with Crippen molar-refractivity contribution in [1.29, 1.82) is 0 Å². The second kappa shape index (κ2) is 9.69. The molecule has 2 aliphatic rings. The topological polar surface area (TPSA) is 75.3 Å². The highest BCUT2D eigenvalue weighted by Crippen LogP contribution is 2.21. The van der Waals surface area contributed by atoms with E-state index in [1.54, 1.807) is 12.1 Å². The molecule has 1 aromatic carbocycles. The van der Waals surface area contributed by atoms with Crippen LogP contribution in [0, 0.1) is 0 Å². The van der Waals surface area contributed by atoms with Crippen LogP contribution in [0.15, 0.2) is 29.2 Å². The second-order valence-corrected chi connectivity index (χ2v) is 9.72. The van der Waals surface area contributed by atoms with Gasteiger partial charge < -0.3 is 5.32 Å². The first kappa shape index (κ1) is 20.3. The van der Waals surface area contributed by atoms with Gasteiger partial charge in [0.25, 0.3) is 0 Å². The van der Waals surface area contributed by atoms with Crippen molar-refractivity contribution >= 4 is 15.9 Å². The molecule has 150 valence electrons. The summed E-state index contributed by atoms with van der Waals surface area (Å²) >= 11 is 0. The van der Waals surface area contributed by atoms with Crippen LogP contribution in [0.2, 0.25) is 0 Å². The minimum absolute atomic E-state index is 0.0620.